The SMILES string of the molecule is CS(=O)(=O)CCCCCn1c(Sc2ncc([N+](=O)[O-])s2)nnc1-c1cccs1. The van der Waals surface area contributed by atoms with Gasteiger partial charge >= 0.3 is 5.00 Å². The number of nitrogens with zero attached hydrogens (tertiary/aromatic N) is 5. The minimum absolute atomic E-state index is 0.0205. The van der Waals surface area contributed by atoms with E-state index in [9.17, 15) is 18.5 Å². The van der Waals surface area contributed by atoms with Crippen molar-refractivity contribution in [2.75, 3.05) is 12.0 Å². The normalized spacial score (nSPS) is 11.8. The van der Waals surface area contributed by atoms with Crippen LogP contribution in [0.4, 0.5) is 5.00 Å². The molecule has 0 aliphatic carbocycles. The fourth-order valence-corrected chi connectivity index (χ4v) is 5.61. The summed E-state index contributed by atoms with van der Waals surface area (Å²) in [5.41, 5.74) is 0. The monoisotopic (exact) mass is 459 g/mol. The van der Waals surface area contributed by atoms with Gasteiger partial charge in [-0.25, -0.2) is 13.4 Å². The van der Waals surface area contributed by atoms with Crippen LogP contribution in [-0.2, 0) is 16.4 Å². The largest absolute Gasteiger partial charge is 0.344 e. The molecule has 0 saturated heterocycles. The van der Waals surface area contributed by atoms with Crippen molar-refractivity contribution in [2.24, 2.45) is 0 Å². The Morgan fingerprint density at radius 2 is 2.11 bits per heavy atom. The number of thiazole rings is 1. The van der Waals surface area contributed by atoms with Crippen LogP contribution in [0.2, 0.25) is 0 Å². The Labute approximate surface area is 173 Å². The van der Waals surface area contributed by atoms with Crippen molar-refractivity contribution >= 4 is 49.3 Å². The molecule has 9 nitrogen and oxygen atoms in total. The van der Waals surface area contributed by atoms with Crippen molar-refractivity contribution in [2.45, 2.75) is 35.3 Å². The van der Waals surface area contributed by atoms with E-state index in [2.05, 4.69) is 15.2 Å². The Hall–Kier alpha value is -1.83. The molecule has 0 atom stereocenters. The van der Waals surface area contributed by atoms with Crippen LogP contribution in [0.15, 0.2) is 33.2 Å². The lowest BCUT2D eigenvalue weighted by Crippen LogP contribution is -2.05. The van der Waals surface area contributed by atoms with E-state index in [1.807, 2.05) is 22.1 Å². The molecule has 0 fully saturated rings. The van der Waals surface area contributed by atoms with E-state index < -0.39 is 14.8 Å². The number of hydrogen-bond donors (Lipinski definition) is 0. The molecule has 28 heavy (non-hydrogen) atoms. The number of sulfone groups is 1. The number of nitro groups is 1. The molecular formula is C15H17N5O4S4. The second-order valence-corrected chi connectivity index (χ2v) is 11.4. The van der Waals surface area contributed by atoms with Crippen molar-refractivity contribution in [3.63, 3.8) is 0 Å². The van der Waals surface area contributed by atoms with E-state index in [-0.39, 0.29) is 10.8 Å². The molecule has 13 heteroatoms. The molecule has 0 spiro atoms. The molecule has 0 amide bonds. The lowest BCUT2D eigenvalue weighted by molar-refractivity contribution is -0.380. The van der Waals surface area contributed by atoms with Gasteiger partial charge < -0.3 is 4.57 Å². The molecule has 0 unspecified atom stereocenters. The topological polar surface area (TPSA) is 121 Å². The Kier molecular flexibility index (Phi) is 6.80. The van der Waals surface area contributed by atoms with Gasteiger partial charge in [0.25, 0.3) is 0 Å². The first-order valence-corrected chi connectivity index (χ1v) is 12.8. The molecule has 3 rings (SSSR count). The van der Waals surface area contributed by atoms with Gasteiger partial charge in [0.2, 0.25) is 0 Å². The van der Waals surface area contributed by atoms with Crippen molar-refractivity contribution in [3.05, 3.63) is 33.8 Å². The number of hydrogen-bond acceptors (Lipinski definition) is 10. The Bertz CT molecular complexity index is 1040. The third-order valence-corrected chi connectivity index (χ3v) is 7.59. The molecule has 3 aromatic heterocycles. The van der Waals surface area contributed by atoms with Crippen molar-refractivity contribution in [1.29, 1.82) is 0 Å². The van der Waals surface area contributed by atoms with Crippen LogP contribution in [0.3, 0.4) is 0 Å². The highest BCUT2D eigenvalue weighted by atomic mass is 32.2. The molecule has 0 aliphatic heterocycles. The Balaban J connectivity index is 1.75. The second-order valence-electron chi connectivity index (χ2n) is 5.95. The van der Waals surface area contributed by atoms with Gasteiger partial charge in [-0.2, -0.15) is 0 Å². The highest BCUT2D eigenvalue weighted by Crippen LogP contribution is 2.35. The van der Waals surface area contributed by atoms with E-state index in [1.54, 1.807) is 11.3 Å². The number of rotatable bonds is 10. The van der Waals surface area contributed by atoms with Crippen molar-refractivity contribution in [1.82, 2.24) is 19.7 Å². The van der Waals surface area contributed by atoms with E-state index >= 15 is 0 Å². The van der Waals surface area contributed by atoms with Gasteiger partial charge in [-0.3, -0.25) is 10.1 Å². The van der Waals surface area contributed by atoms with Crippen molar-refractivity contribution < 1.29 is 13.3 Å². The van der Waals surface area contributed by atoms with Gasteiger partial charge in [0.05, 0.1) is 9.80 Å². The fourth-order valence-electron chi connectivity index (χ4n) is 2.42. The van der Waals surface area contributed by atoms with Gasteiger partial charge in [-0.1, -0.05) is 12.5 Å². The first-order chi connectivity index (χ1) is 13.3. The lowest BCUT2D eigenvalue weighted by atomic mass is 10.2. The third kappa shape index (κ3) is 5.59. The van der Waals surface area contributed by atoms with Gasteiger partial charge in [0.1, 0.15) is 16.0 Å². The standard InChI is InChI=1S/C15H17N5O4S4/c1-28(23,24)9-4-2-3-7-19-13(11-6-5-8-25-11)17-18-14(19)27-15-16-10-12(26-15)20(21)22/h5-6,8,10H,2-4,7,9H2,1H3. The first-order valence-electron chi connectivity index (χ1n) is 8.26. The smallest absolute Gasteiger partial charge is 0.301 e. The van der Waals surface area contributed by atoms with E-state index in [4.69, 9.17) is 0 Å². The van der Waals surface area contributed by atoms with Crippen LogP contribution in [0.25, 0.3) is 10.7 Å². The highest BCUT2D eigenvalue weighted by molar-refractivity contribution is 8.01. The van der Waals surface area contributed by atoms with Gasteiger partial charge in [-0.05, 0) is 47.4 Å². The number of unbranched alkanes of at least 4 members (excludes halogenated alkanes) is 2. The highest BCUT2D eigenvalue weighted by Gasteiger charge is 2.19. The van der Waals surface area contributed by atoms with Gasteiger partial charge in [0, 0.05) is 18.6 Å². The summed E-state index contributed by atoms with van der Waals surface area (Å²) in [6.07, 6.45) is 4.62. The summed E-state index contributed by atoms with van der Waals surface area (Å²) >= 11 is 3.78. The second kappa shape index (κ2) is 9.11. The predicted molar refractivity (Wildman–Crippen MR) is 110 cm³/mol. The zero-order valence-electron chi connectivity index (χ0n) is 14.8. The summed E-state index contributed by atoms with van der Waals surface area (Å²) in [5.74, 6) is 0.906. The van der Waals surface area contributed by atoms with E-state index in [0.717, 1.165) is 34.9 Å². The summed E-state index contributed by atoms with van der Waals surface area (Å²) in [6, 6.07) is 3.89. The number of thiophene rings is 1. The minimum atomic E-state index is -2.95. The fraction of sp³-hybridized carbons (Fsp3) is 0.400. The minimum Gasteiger partial charge on any atom is -0.301 e. The molecule has 0 bridgehead atoms. The number of aromatic nitrogens is 4. The van der Waals surface area contributed by atoms with E-state index in [1.165, 1.54) is 24.2 Å². The van der Waals surface area contributed by atoms with Crippen LogP contribution < -0.4 is 0 Å². The Morgan fingerprint density at radius 3 is 2.75 bits per heavy atom. The molecule has 0 radical (unpaired) electrons. The summed E-state index contributed by atoms with van der Waals surface area (Å²) in [6.45, 7) is 0.625. The predicted octanol–water partition coefficient (Wildman–Crippen LogP) is 3.74. The van der Waals surface area contributed by atoms with Crippen molar-refractivity contribution in [3.8, 4) is 10.7 Å². The summed E-state index contributed by atoms with van der Waals surface area (Å²) in [5, 5.41) is 21.9. The summed E-state index contributed by atoms with van der Waals surface area (Å²) < 4.78 is 25.0. The maximum atomic E-state index is 11.3. The maximum Gasteiger partial charge on any atom is 0.344 e. The van der Waals surface area contributed by atoms with Crippen LogP contribution in [-0.4, -0.2) is 45.1 Å². The average molecular weight is 460 g/mol. The first kappa shape index (κ1) is 20.9. The quantitative estimate of drug-likeness (QED) is 0.255. The van der Waals surface area contributed by atoms with Crippen LogP contribution in [0, 0.1) is 10.1 Å². The lowest BCUT2D eigenvalue weighted by Gasteiger charge is -2.08. The van der Waals surface area contributed by atoms with E-state index in [0.29, 0.717) is 22.5 Å². The molecule has 0 aromatic carbocycles. The molecule has 3 heterocycles. The third-order valence-electron chi connectivity index (χ3n) is 3.69. The molecular weight excluding hydrogens is 442 g/mol. The molecule has 150 valence electrons. The van der Waals surface area contributed by atoms with Gasteiger partial charge in [0.15, 0.2) is 15.3 Å². The molecule has 0 saturated carbocycles. The maximum absolute atomic E-state index is 11.3. The average Bonchev–Trinajstić information content (AvgIpc) is 3.34. The molecule has 0 N–H and O–H groups in total. The van der Waals surface area contributed by atoms with Gasteiger partial charge in [-0.15, -0.1) is 21.5 Å². The zero-order valence-corrected chi connectivity index (χ0v) is 18.1. The zero-order chi connectivity index (χ0) is 20.1. The Morgan fingerprint density at radius 1 is 1.29 bits per heavy atom. The summed E-state index contributed by atoms with van der Waals surface area (Å²) in [4.78, 5) is 15.4. The van der Waals surface area contributed by atoms with Crippen LogP contribution in [0.5, 0.6) is 0 Å². The van der Waals surface area contributed by atoms with Crippen LogP contribution in [0.1, 0.15) is 19.3 Å². The summed E-state index contributed by atoms with van der Waals surface area (Å²) in [7, 11) is -2.95. The molecule has 0 aliphatic rings. The van der Waals surface area contributed by atoms with Crippen LogP contribution >= 0.6 is 34.4 Å². The molecule has 3 aromatic rings.